The van der Waals surface area contributed by atoms with Gasteiger partial charge in [-0.15, -0.1) is 0 Å². The minimum atomic E-state index is -0.884. The Morgan fingerprint density at radius 3 is 2.59 bits per heavy atom. The zero-order chi connectivity index (χ0) is 21.1. The number of hydrogen-bond donors (Lipinski definition) is 3. The number of H-pyrrole nitrogens is 1. The Hall–Kier alpha value is -3.07. The van der Waals surface area contributed by atoms with E-state index >= 15 is 0 Å². The minimum Gasteiger partial charge on any atom is -0.491 e. The van der Waals surface area contributed by atoms with Gasteiger partial charge >= 0.3 is 5.69 Å². The van der Waals surface area contributed by atoms with E-state index in [0.29, 0.717) is 24.2 Å². The first-order chi connectivity index (χ1) is 13.8. The highest BCUT2D eigenvalue weighted by Crippen LogP contribution is 2.17. The number of fused-ring (bicyclic) bond motifs is 1. The summed E-state index contributed by atoms with van der Waals surface area (Å²) in [6.07, 6.45) is -0.884. The van der Waals surface area contributed by atoms with E-state index in [-0.39, 0.29) is 24.3 Å². The monoisotopic (exact) mass is 401 g/mol. The molecule has 156 valence electrons. The van der Waals surface area contributed by atoms with E-state index in [2.05, 4.69) is 15.3 Å². The standard InChI is InChI=1S/C20H27N5O4/c1-12(2)9-21-19-22-17-16(18(27)23-20(28)24(17)4)25(19)10-14(26)11-29-15-7-5-13(3)6-8-15/h5-8,12,14,26H,9-11H2,1-4H3,(H,21,22)(H,23,27,28). The molecule has 0 radical (unpaired) electrons. The first-order valence-electron chi connectivity index (χ1n) is 9.57. The van der Waals surface area contributed by atoms with Crippen LogP contribution in [0.25, 0.3) is 11.2 Å². The van der Waals surface area contributed by atoms with Gasteiger partial charge in [-0.05, 0) is 25.0 Å². The van der Waals surface area contributed by atoms with E-state index in [1.807, 2.05) is 45.0 Å². The van der Waals surface area contributed by atoms with Crippen molar-refractivity contribution in [2.45, 2.75) is 33.4 Å². The zero-order valence-corrected chi connectivity index (χ0v) is 17.1. The number of anilines is 1. The van der Waals surface area contributed by atoms with Gasteiger partial charge in [0.1, 0.15) is 18.5 Å². The first-order valence-corrected chi connectivity index (χ1v) is 9.57. The third-order valence-electron chi connectivity index (χ3n) is 4.53. The molecule has 0 saturated heterocycles. The number of imidazole rings is 1. The molecule has 3 aromatic rings. The molecule has 0 amide bonds. The lowest BCUT2D eigenvalue weighted by Gasteiger charge is -2.16. The smallest absolute Gasteiger partial charge is 0.329 e. The SMILES string of the molecule is Cc1ccc(OCC(O)Cn2c(NCC(C)C)nc3c2c(=O)[nH]c(=O)n3C)cc1. The molecule has 3 N–H and O–H groups in total. The van der Waals surface area contributed by atoms with Crippen molar-refractivity contribution < 1.29 is 9.84 Å². The van der Waals surface area contributed by atoms with Crippen molar-refractivity contribution in [1.82, 2.24) is 19.1 Å². The Morgan fingerprint density at radius 2 is 1.93 bits per heavy atom. The van der Waals surface area contributed by atoms with E-state index in [9.17, 15) is 14.7 Å². The topological polar surface area (TPSA) is 114 Å². The summed E-state index contributed by atoms with van der Waals surface area (Å²) in [6.45, 7) is 6.85. The molecule has 0 aliphatic heterocycles. The van der Waals surface area contributed by atoms with Crippen molar-refractivity contribution >= 4 is 17.1 Å². The number of nitrogens with zero attached hydrogens (tertiary/aromatic N) is 3. The lowest BCUT2D eigenvalue weighted by molar-refractivity contribution is 0.0938. The number of aryl methyl sites for hydroxylation is 2. The number of aromatic nitrogens is 4. The van der Waals surface area contributed by atoms with Crippen LogP contribution in [0.3, 0.4) is 0 Å². The molecule has 0 aliphatic carbocycles. The third-order valence-corrected chi connectivity index (χ3v) is 4.53. The summed E-state index contributed by atoms with van der Waals surface area (Å²) in [5, 5.41) is 13.7. The molecule has 0 bridgehead atoms. The summed E-state index contributed by atoms with van der Waals surface area (Å²) in [4.78, 5) is 31.1. The summed E-state index contributed by atoms with van der Waals surface area (Å²) in [6, 6.07) is 7.54. The van der Waals surface area contributed by atoms with Gasteiger partial charge < -0.3 is 19.7 Å². The molecule has 1 unspecified atom stereocenters. The van der Waals surface area contributed by atoms with Gasteiger partial charge in [0.05, 0.1) is 6.54 Å². The molecule has 3 rings (SSSR count). The van der Waals surface area contributed by atoms with Crippen LogP contribution in [0.2, 0.25) is 0 Å². The van der Waals surface area contributed by atoms with Gasteiger partial charge in [-0.1, -0.05) is 31.5 Å². The van der Waals surface area contributed by atoms with E-state index in [1.165, 1.54) is 4.57 Å². The van der Waals surface area contributed by atoms with Gasteiger partial charge in [0.2, 0.25) is 5.95 Å². The molecule has 2 heterocycles. The van der Waals surface area contributed by atoms with Gasteiger partial charge in [0.15, 0.2) is 11.2 Å². The van der Waals surface area contributed by atoms with Gasteiger partial charge in [0.25, 0.3) is 5.56 Å². The van der Waals surface area contributed by atoms with Gasteiger partial charge in [-0.2, -0.15) is 4.98 Å². The van der Waals surface area contributed by atoms with Crippen molar-refractivity contribution in [2.75, 3.05) is 18.5 Å². The Labute approximate surface area is 168 Å². The van der Waals surface area contributed by atoms with Crippen LogP contribution in [-0.2, 0) is 13.6 Å². The first kappa shape index (κ1) is 20.7. The Bertz CT molecular complexity index is 1090. The quantitative estimate of drug-likeness (QED) is 0.523. The maximum Gasteiger partial charge on any atom is 0.329 e. The summed E-state index contributed by atoms with van der Waals surface area (Å²) >= 11 is 0. The largest absolute Gasteiger partial charge is 0.491 e. The third kappa shape index (κ3) is 4.68. The van der Waals surface area contributed by atoms with Crippen LogP contribution in [0, 0.1) is 12.8 Å². The number of rotatable bonds is 8. The van der Waals surface area contributed by atoms with Gasteiger partial charge in [-0.25, -0.2) is 4.79 Å². The van der Waals surface area contributed by atoms with Crippen LogP contribution in [0.5, 0.6) is 5.75 Å². The predicted octanol–water partition coefficient (Wildman–Crippen LogP) is 1.24. The predicted molar refractivity (Wildman–Crippen MR) is 112 cm³/mol. The molecule has 1 atom stereocenters. The maximum absolute atomic E-state index is 12.4. The number of nitrogens with one attached hydrogen (secondary N) is 2. The van der Waals surface area contributed by atoms with Crippen molar-refractivity contribution in [3.8, 4) is 5.75 Å². The lowest BCUT2D eigenvalue weighted by Crippen LogP contribution is -2.31. The zero-order valence-electron chi connectivity index (χ0n) is 17.1. The average molecular weight is 401 g/mol. The number of hydrogen-bond acceptors (Lipinski definition) is 6. The fourth-order valence-electron chi connectivity index (χ4n) is 2.93. The van der Waals surface area contributed by atoms with E-state index < -0.39 is 17.4 Å². The molecule has 9 nitrogen and oxygen atoms in total. The minimum absolute atomic E-state index is 0.0516. The molecule has 0 saturated carbocycles. The van der Waals surface area contributed by atoms with Crippen LogP contribution < -0.4 is 21.3 Å². The Morgan fingerprint density at radius 1 is 1.24 bits per heavy atom. The van der Waals surface area contributed by atoms with Crippen molar-refractivity contribution in [1.29, 1.82) is 0 Å². The average Bonchev–Trinajstić information content (AvgIpc) is 3.03. The van der Waals surface area contributed by atoms with Crippen molar-refractivity contribution in [2.24, 2.45) is 13.0 Å². The second-order valence-electron chi connectivity index (χ2n) is 7.59. The fraction of sp³-hybridized carbons (Fsp3) is 0.450. The van der Waals surface area contributed by atoms with Crippen molar-refractivity contribution in [3.63, 3.8) is 0 Å². The van der Waals surface area contributed by atoms with Gasteiger partial charge in [-0.3, -0.25) is 14.3 Å². The summed E-state index contributed by atoms with van der Waals surface area (Å²) in [7, 11) is 1.54. The van der Waals surface area contributed by atoms with Crippen LogP contribution >= 0.6 is 0 Å². The fourth-order valence-corrected chi connectivity index (χ4v) is 2.93. The summed E-state index contributed by atoms with van der Waals surface area (Å²) in [5.74, 6) is 1.43. The highest BCUT2D eigenvalue weighted by Gasteiger charge is 2.20. The maximum atomic E-state index is 12.4. The molecular formula is C20H27N5O4. The summed E-state index contributed by atoms with van der Waals surface area (Å²) in [5.41, 5.74) is 0.531. The normalized spacial score (nSPS) is 12.5. The molecule has 9 heteroatoms. The number of ether oxygens (including phenoxy) is 1. The van der Waals surface area contributed by atoms with Crippen LogP contribution in [0.15, 0.2) is 33.9 Å². The van der Waals surface area contributed by atoms with Crippen molar-refractivity contribution in [3.05, 3.63) is 50.7 Å². The van der Waals surface area contributed by atoms with E-state index in [1.54, 1.807) is 11.6 Å². The van der Waals surface area contributed by atoms with Crippen LogP contribution in [0.4, 0.5) is 5.95 Å². The highest BCUT2D eigenvalue weighted by atomic mass is 16.5. The molecule has 0 spiro atoms. The molecule has 1 aromatic carbocycles. The molecular weight excluding hydrogens is 374 g/mol. The molecule has 0 fully saturated rings. The lowest BCUT2D eigenvalue weighted by atomic mass is 10.2. The Balaban J connectivity index is 1.88. The molecule has 0 aliphatic rings. The molecule has 2 aromatic heterocycles. The molecule has 29 heavy (non-hydrogen) atoms. The van der Waals surface area contributed by atoms with Crippen LogP contribution in [-0.4, -0.2) is 43.5 Å². The second kappa shape index (κ2) is 8.52. The number of benzene rings is 1. The van der Waals surface area contributed by atoms with Gasteiger partial charge in [0, 0.05) is 13.6 Å². The second-order valence-corrected chi connectivity index (χ2v) is 7.59. The van der Waals surface area contributed by atoms with E-state index in [0.717, 1.165) is 5.56 Å². The van der Waals surface area contributed by atoms with Crippen LogP contribution in [0.1, 0.15) is 19.4 Å². The number of aromatic amines is 1. The Kier molecular flexibility index (Phi) is 6.07. The summed E-state index contributed by atoms with van der Waals surface area (Å²) < 4.78 is 8.53. The highest BCUT2D eigenvalue weighted by molar-refractivity contribution is 5.74. The number of aliphatic hydroxyl groups excluding tert-OH is 1. The van der Waals surface area contributed by atoms with E-state index in [4.69, 9.17) is 4.74 Å². The number of aliphatic hydroxyl groups is 1.